The van der Waals surface area contributed by atoms with Crippen molar-refractivity contribution in [3.8, 4) is 5.82 Å². The standard InChI is InChI=1S/C13H15BrClN5O/c1-13(2,3)19-17-12(21)9-7-10(14)18-20(9)11-8(15)5-4-6-16-11/h4-7,19H,1-3H3,(H,17,21). The molecule has 0 atom stereocenters. The lowest BCUT2D eigenvalue weighted by Gasteiger charge is -2.21. The molecule has 21 heavy (non-hydrogen) atoms. The quantitative estimate of drug-likeness (QED) is 0.813. The van der Waals surface area contributed by atoms with E-state index in [0.717, 1.165) is 0 Å². The number of carbonyl (C=O) groups excluding carboxylic acids is 1. The highest BCUT2D eigenvalue weighted by Crippen LogP contribution is 2.21. The number of nitrogens with one attached hydrogen (secondary N) is 2. The maximum Gasteiger partial charge on any atom is 0.284 e. The molecular formula is C13H15BrClN5O. The normalized spacial score (nSPS) is 11.5. The van der Waals surface area contributed by atoms with Crippen LogP contribution in [0.25, 0.3) is 5.82 Å². The fourth-order valence-electron chi connectivity index (χ4n) is 1.52. The number of hydrazine groups is 1. The van der Waals surface area contributed by atoms with E-state index in [1.165, 1.54) is 4.68 Å². The Morgan fingerprint density at radius 3 is 2.76 bits per heavy atom. The minimum Gasteiger partial charge on any atom is -0.286 e. The maximum absolute atomic E-state index is 12.3. The van der Waals surface area contributed by atoms with Crippen molar-refractivity contribution in [2.45, 2.75) is 26.3 Å². The Morgan fingerprint density at radius 2 is 2.14 bits per heavy atom. The molecule has 2 rings (SSSR count). The van der Waals surface area contributed by atoms with E-state index in [-0.39, 0.29) is 11.4 Å². The van der Waals surface area contributed by atoms with Gasteiger partial charge in [0.1, 0.15) is 10.3 Å². The Bertz CT molecular complexity index is 665. The van der Waals surface area contributed by atoms with Crippen LogP contribution in [0.4, 0.5) is 0 Å². The van der Waals surface area contributed by atoms with Gasteiger partial charge in [0.15, 0.2) is 5.82 Å². The van der Waals surface area contributed by atoms with Crippen LogP contribution in [-0.2, 0) is 0 Å². The molecule has 1 amide bonds. The van der Waals surface area contributed by atoms with Crippen LogP contribution in [0.5, 0.6) is 0 Å². The highest BCUT2D eigenvalue weighted by Gasteiger charge is 2.19. The molecule has 0 spiro atoms. The molecule has 0 radical (unpaired) electrons. The molecule has 2 N–H and O–H groups in total. The predicted molar refractivity (Wildman–Crippen MR) is 84.4 cm³/mol. The van der Waals surface area contributed by atoms with Crippen LogP contribution < -0.4 is 10.9 Å². The molecule has 0 unspecified atom stereocenters. The average Bonchev–Trinajstić information content (AvgIpc) is 2.77. The molecule has 0 aliphatic carbocycles. The van der Waals surface area contributed by atoms with Crippen molar-refractivity contribution in [3.05, 3.63) is 39.7 Å². The van der Waals surface area contributed by atoms with Crippen molar-refractivity contribution < 1.29 is 4.79 Å². The second kappa shape index (κ2) is 6.13. The molecule has 2 aromatic heterocycles. The zero-order valence-corrected chi connectivity index (χ0v) is 14.2. The Morgan fingerprint density at radius 1 is 1.43 bits per heavy atom. The molecule has 6 nitrogen and oxygen atoms in total. The number of hydrogen-bond donors (Lipinski definition) is 2. The molecule has 0 aliphatic rings. The highest BCUT2D eigenvalue weighted by molar-refractivity contribution is 9.10. The molecule has 0 saturated carbocycles. The summed E-state index contributed by atoms with van der Waals surface area (Å²) in [5.41, 5.74) is 5.62. The lowest BCUT2D eigenvalue weighted by atomic mass is 10.1. The monoisotopic (exact) mass is 371 g/mol. The van der Waals surface area contributed by atoms with Gasteiger partial charge in [0.25, 0.3) is 5.91 Å². The van der Waals surface area contributed by atoms with Crippen LogP contribution in [0.2, 0.25) is 5.02 Å². The number of amides is 1. The van der Waals surface area contributed by atoms with Crippen molar-refractivity contribution >= 4 is 33.4 Å². The zero-order valence-electron chi connectivity index (χ0n) is 11.8. The number of rotatable bonds is 3. The Balaban J connectivity index is 2.34. The van der Waals surface area contributed by atoms with E-state index < -0.39 is 0 Å². The third-order valence-electron chi connectivity index (χ3n) is 2.40. The summed E-state index contributed by atoms with van der Waals surface area (Å²) in [4.78, 5) is 16.4. The van der Waals surface area contributed by atoms with E-state index in [1.54, 1.807) is 24.4 Å². The van der Waals surface area contributed by atoms with Gasteiger partial charge in [-0.15, -0.1) is 0 Å². The van der Waals surface area contributed by atoms with Crippen LogP contribution in [-0.4, -0.2) is 26.2 Å². The number of carbonyl (C=O) groups is 1. The molecule has 8 heteroatoms. The molecule has 0 aliphatic heterocycles. The number of pyridine rings is 1. The predicted octanol–water partition coefficient (Wildman–Crippen LogP) is 2.72. The van der Waals surface area contributed by atoms with Crippen molar-refractivity contribution in [1.29, 1.82) is 0 Å². The lowest BCUT2D eigenvalue weighted by Crippen LogP contribution is -2.49. The summed E-state index contributed by atoms with van der Waals surface area (Å²) in [6, 6.07) is 5.00. The van der Waals surface area contributed by atoms with Gasteiger partial charge in [-0.1, -0.05) is 11.6 Å². The van der Waals surface area contributed by atoms with E-state index in [2.05, 4.69) is 36.9 Å². The largest absolute Gasteiger partial charge is 0.286 e. The fraction of sp³-hybridized carbons (Fsp3) is 0.308. The van der Waals surface area contributed by atoms with Gasteiger partial charge in [0, 0.05) is 17.8 Å². The van der Waals surface area contributed by atoms with E-state index in [4.69, 9.17) is 11.6 Å². The van der Waals surface area contributed by atoms with Gasteiger partial charge in [0.05, 0.1) is 5.02 Å². The van der Waals surface area contributed by atoms with Crippen LogP contribution in [0, 0.1) is 0 Å². The van der Waals surface area contributed by atoms with Crippen molar-refractivity contribution in [3.63, 3.8) is 0 Å². The zero-order chi connectivity index (χ0) is 15.6. The van der Waals surface area contributed by atoms with Gasteiger partial charge in [-0.25, -0.2) is 15.1 Å². The molecule has 0 fully saturated rings. The molecular weight excluding hydrogens is 358 g/mol. The summed E-state index contributed by atoms with van der Waals surface area (Å²) in [7, 11) is 0. The summed E-state index contributed by atoms with van der Waals surface area (Å²) in [6.07, 6.45) is 1.59. The van der Waals surface area contributed by atoms with Gasteiger partial charge in [0.2, 0.25) is 0 Å². The number of halogens is 2. The second-order valence-electron chi connectivity index (χ2n) is 5.40. The first-order chi connectivity index (χ1) is 9.78. The summed E-state index contributed by atoms with van der Waals surface area (Å²) in [6.45, 7) is 5.82. The van der Waals surface area contributed by atoms with Gasteiger partial charge in [-0.3, -0.25) is 10.2 Å². The summed E-state index contributed by atoms with van der Waals surface area (Å²) in [5.74, 6) is 0.0654. The minimum atomic E-state index is -0.329. The van der Waals surface area contributed by atoms with Crippen LogP contribution in [0.15, 0.2) is 29.0 Å². The van der Waals surface area contributed by atoms with Crippen LogP contribution in [0.1, 0.15) is 31.3 Å². The van der Waals surface area contributed by atoms with Crippen molar-refractivity contribution in [1.82, 2.24) is 25.6 Å². The fourth-order valence-corrected chi connectivity index (χ4v) is 2.09. The summed E-state index contributed by atoms with van der Waals surface area (Å²) >= 11 is 9.37. The number of aromatic nitrogens is 3. The Labute approximate surface area is 136 Å². The molecule has 0 saturated heterocycles. The molecule has 112 valence electrons. The summed E-state index contributed by atoms with van der Waals surface area (Å²) < 4.78 is 1.91. The van der Waals surface area contributed by atoms with Gasteiger partial charge in [-0.2, -0.15) is 5.10 Å². The van der Waals surface area contributed by atoms with Crippen LogP contribution in [0.3, 0.4) is 0 Å². The van der Waals surface area contributed by atoms with E-state index in [9.17, 15) is 4.79 Å². The third-order valence-corrected chi connectivity index (χ3v) is 3.09. The molecule has 2 aromatic rings. The second-order valence-corrected chi connectivity index (χ2v) is 6.62. The SMILES string of the molecule is CC(C)(C)NNC(=O)c1cc(Br)nn1-c1ncccc1Cl. The number of hydrogen-bond acceptors (Lipinski definition) is 4. The van der Waals surface area contributed by atoms with Crippen molar-refractivity contribution in [2.24, 2.45) is 0 Å². The van der Waals surface area contributed by atoms with E-state index in [1.807, 2.05) is 20.8 Å². The molecule has 0 bridgehead atoms. The van der Waals surface area contributed by atoms with E-state index in [0.29, 0.717) is 21.1 Å². The summed E-state index contributed by atoms with van der Waals surface area (Å²) in [5, 5.41) is 4.61. The topological polar surface area (TPSA) is 71.8 Å². The van der Waals surface area contributed by atoms with Crippen molar-refractivity contribution in [2.75, 3.05) is 0 Å². The van der Waals surface area contributed by atoms with Gasteiger partial charge < -0.3 is 0 Å². The first kappa shape index (κ1) is 15.9. The third kappa shape index (κ3) is 4.03. The Hall–Kier alpha value is -1.44. The van der Waals surface area contributed by atoms with Gasteiger partial charge in [-0.05, 0) is 48.8 Å². The highest BCUT2D eigenvalue weighted by atomic mass is 79.9. The minimum absolute atomic E-state index is 0.250. The van der Waals surface area contributed by atoms with E-state index >= 15 is 0 Å². The molecule has 2 heterocycles. The van der Waals surface area contributed by atoms with Gasteiger partial charge >= 0.3 is 0 Å². The number of nitrogens with zero attached hydrogens (tertiary/aromatic N) is 3. The maximum atomic E-state index is 12.3. The molecule has 0 aromatic carbocycles. The average molecular weight is 373 g/mol. The smallest absolute Gasteiger partial charge is 0.284 e. The first-order valence-corrected chi connectivity index (χ1v) is 7.39. The van der Waals surface area contributed by atoms with Crippen LogP contribution >= 0.6 is 27.5 Å². The Kier molecular flexibility index (Phi) is 4.65. The first-order valence-electron chi connectivity index (χ1n) is 6.22. The lowest BCUT2D eigenvalue weighted by molar-refractivity contribution is 0.0906.